The van der Waals surface area contributed by atoms with E-state index in [1.54, 1.807) is 0 Å². The molecule has 36 heavy (non-hydrogen) atoms. The van der Waals surface area contributed by atoms with Crippen molar-refractivity contribution in [1.29, 1.82) is 0 Å². The molecule has 4 aliphatic rings. The van der Waals surface area contributed by atoms with E-state index >= 15 is 0 Å². The van der Waals surface area contributed by atoms with Crippen LogP contribution in [0.2, 0.25) is 0 Å². The van der Waals surface area contributed by atoms with E-state index in [1.165, 1.54) is 12.8 Å². The lowest BCUT2D eigenvalue weighted by atomic mass is 9.84. The maximum absolute atomic E-state index is 13.6. The van der Waals surface area contributed by atoms with Crippen LogP contribution in [0.4, 0.5) is 23.3 Å². The van der Waals surface area contributed by atoms with E-state index in [0.29, 0.717) is 30.3 Å². The second-order valence-corrected chi connectivity index (χ2v) is 11.1. The van der Waals surface area contributed by atoms with E-state index in [4.69, 9.17) is 4.98 Å². The van der Waals surface area contributed by atoms with Crippen LogP contribution >= 0.6 is 0 Å². The molecule has 3 fully saturated rings. The number of carbonyl (C=O) groups is 1. The van der Waals surface area contributed by atoms with Gasteiger partial charge in [-0.15, -0.1) is 0 Å². The average Bonchev–Trinajstić information content (AvgIpc) is 3.55. The van der Waals surface area contributed by atoms with Gasteiger partial charge in [0.1, 0.15) is 17.2 Å². The van der Waals surface area contributed by atoms with Gasteiger partial charge in [0, 0.05) is 63.0 Å². The van der Waals surface area contributed by atoms with Crippen LogP contribution in [-0.4, -0.2) is 81.0 Å². The number of pyridine rings is 1. The molecule has 1 aliphatic carbocycles. The van der Waals surface area contributed by atoms with Crippen molar-refractivity contribution >= 4 is 29.2 Å². The summed E-state index contributed by atoms with van der Waals surface area (Å²) in [6.07, 6.45) is 11.1. The third kappa shape index (κ3) is 4.38. The molecule has 2 saturated heterocycles. The molecule has 1 saturated carbocycles. The van der Waals surface area contributed by atoms with Crippen molar-refractivity contribution in [3.63, 3.8) is 0 Å². The average molecular weight is 491 g/mol. The molecule has 2 N–H and O–H groups in total. The van der Waals surface area contributed by atoms with Crippen LogP contribution < -0.4 is 15.5 Å². The van der Waals surface area contributed by atoms with E-state index in [1.807, 2.05) is 18.5 Å². The number of amides is 1. The largest absolute Gasteiger partial charge is 0.368 e. The highest BCUT2D eigenvalue weighted by Crippen LogP contribution is 2.40. The van der Waals surface area contributed by atoms with Gasteiger partial charge in [0.05, 0.1) is 11.9 Å². The molecule has 192 valence electrons. The Bertz CT molecular complexity index is 1090. The molecular weight excluding hydrogens is 452 g/mol. The highest BCUT2D eigenvalue weighted by atomic mass is 16.2. The number of fused-ring (bicyclic) bond motifs is 1. The van der Waals surface area contributed by atoms with Crippen LogP contribution in [0.1, 0.15) is 57.9 Å². The van der Waals surface area contributed by atoms with Crippen LogP contribution in [0, 0.1) is 0 Å². The maximum Gasteiger partial charge on any atom is 0.248 e. The fraction of sp³-hybridized carbons (Fsp3) is 0.630. The van der Waals surface area contributed by atoms with Crippen LogP contribution in [0.15, 0.2) is 24.5 Å². The van der Waals surface area contributed by atoms with Crippen LogP contribution in [-0.2, 0) is 11.2 Å². The smallest absolute Gasteiger partial charge is 0.248 e. The Morgan fingerprint density at radius 1 is 1.03 bits per heavy atom. The molecule has 0 bridgehead atoms. The first-order valence-corrected chi connectivity index (χ1v) is 13.7. The molecule has 2 aromatic heterocycles. The third-order valence-corrected chi connectivity index (χ3v) is 8.55. The van der Waals surface area contributed by atoms with Gasteiger partial charge in [-0.1, -0.05) is 12.8 Å². The molecule has 5 heterocycles. The summed E-state index contributed by atoms with van der Waals surface area (Å²) in [7, 11) is 0. The van der Waals surface area contributed by atoms with Gasteiger partial charge in [-0.05, 0) is 51.7 Å². The Kier molecular flexibility index (Phi) is 6.19. The predicted molar refractivity (Wildman–Crippen MR) is 142 cm³/mol. The Labute approximate surface area is 213 Å². The van der Waals surface area contributed by atoms with Gasteiger partial charge in [-0.2, -0.15) is 4.98 Å². The van der Waals surface area contributed by atoms with Gasteiger partial charge in [0.25, 0.3) is 0 Å². The number of hydrogen-bond donors (Lipinski definition) is 2. The minimum atomic E-state index is -0.560. The van der Waals surface area contributed by atoms with Gasteiger partial charge in [-0.25, -0.2) is 9.97 Å². The number of nitrogens with zero attached hydrogens (tertiary/aromatic N) is 6. The molecule has 1 unspecified atom stereocenters. The lowest BCUT2D eigenvalue weighted by Crippen LogP contribution is -2.59. The van der Waals surface area contributed by atoms with Crippen molar-refractivity contribution in [2.45, 2.75) is 76.4 Å². The molecule has 2 aromatic rings. The lowest BCUT2D eigenvalue weighted by Gasteiger charge is -2.42. The maximum atomic E-state index is 13.6. The van der Waals surface area contributed by atoms with Crippen molar-refractivity contribution in [3.05, 3.63) is 30.1 Å². The van der Waals surface area contributed by atoms with Gasteiger partial charge in [0.15, 0.2) is 0 Å². The summed E-state index contributed by atoms with van der Waals surface area (Å²) in [6, 6.07) is 5.10. The number of carbonyl (C=O) groups excluding carboxylic acids is 1. The zero-order valence-electron chi connectivity index (χ0n) is 21.5. The van der Waals surface area contributed by atoms with Crippen LogP contribution in [0.25, 0.3) is 0 Å². The van der Waals surface area contributed by atoms with E-state index < -0.39 is 5.54 Å². The minimum absolute atomic E-state index is 0.250. The van der Waals surface area contributed by atoms with E-state index in [0.717, 1.165) is 75.5 Å². The Morgan fingerprint density at radius 3 is 2.56 bits per heavy atom. The highest BCUT2D eigenvalue weighted by molar-refractivity contribution is 5.92. The Hall–Kier alpha value is -2.94. The highest BCUT2D eigenvalue weighted by Gasteiger charge is 2.50. The zero-order valence-corrected chi connectivity index (χ0v) is 21.5. The number of piperidine rings is 1. The topological polar surface area (TPSA) is 89.5 Å². The number of likely N-dealkylation sites (tertiary alicyclic amines) is 1. The SMILES string of the molecule is CC(C)N1CCN(c2ccc(Nc3ncc4c(n3)NC3(CCCN(C5CCCC5)C3=O)C4)nc2)CC1. The van der Waals surface area contributed by atoms with Crippen molar-refractivity contribution in [3.8, 4) is 0 Å². The molecule has 6 rings (SSSR count). The van der Waals surface area contributed by atoms with Crippen LogP contribution in [0.5, 0.6) is 0 Å². The molecule has 1 atom stereocenters. The molecule has 3 aliphatic heterocycles. The summed E-state index contributed by atoms with van der Waals surface area (Å²) < 4.78 is 0. The van der Waals surface area contributed by atoms with E-state index in [-0.39, 0.29) is 5.91 Å². The van der Waals surface area contributed by atoms with E-state index in [9.17, 15) is 4.79 Å². The quantitative estimate of drug-likeness (QED) is 0.659. The third-order valence-electron chi connectivity index (χ3n) is 8.55. The van der Waals surface area contributed by atoms with Crippen LogP contribution in [0.3, 0.4) is 0 Å². The molecule has 0 aromatic carbocycles. The second-order valence-electron chi connectivity index (χ2n) is 11.1. The monoisotopic (exact) mass is 490 g/mol. The minimum Gasteiger partial charge on any atom is -0.368 e. The summed E-state index contributed by atoms with van der Waals surface area (Å²) in [5.74, 6) is 2.24. The molecule has 0 radical (unpaired) electrons. The molecular formula is C27H38N8O. The summed E-state index contributed by atoms with van der Waals surface area (Å²) in [6.45, 7) is 9.59. The Morgan fingerprint density at radius 2 is 1.83 bits per heavy atom. The van der Waals surface area contributed by atoms with E-state index in [2.05, 4.69) is 55.2 Å². The van der Waals surface area contributed by atoms with Gasteiger partial charge < -0.3 is 20.4 Å². The zero-order chi connectivity index (χ0) is 24.7. The fourth-order valence-corrected chi connectivity index (χ4v) is 6.44. The standard InChI is InChI=1S/C27H38N8O/c1-19(2)33-12-14-34(15-13-33)22-8-9-23(28-18-22)30-26-29-17-20-16-27(32-24(20)31-26)10-5-11-35(25(27)36)21-6-3-4-7-21/h8-9,17-19,21H,3-7,10-16H2,1-2H3,(H2,28,29,30,31,32). The first kappa shape index (κ1) is 23.5. The summed E-state index contributed by atoms with van der Waals surface area (Å²) >= 11 is 0. The summed E-state index contributed by atoms with van der Waals surface area (Å²) in [4.78, 5) is 34.5. The number of aromatic nitrogens is 3. The van der Waals surface area contributed by atoms with Crippen molar-refractivity contribution in [1.82, 2.24) is 24.8 Å². The number of nitrogens with one attached hydrogen (secondary N) is 2. The first-order chi connectivity index (χ1) is 17.5. The molecule has 9 nitrogen and oxygen atoms in total. The van der Waals surface area contributed by atoms with Gasteiger partial charge >= 0.3 is 0 Å². The number of piperazine rings is 1. The van der Waals surface area contributed by atoms with Crippen molar-refractivity contribution in [2.24, 2.45) is 0 Å². The number of anilines is 4. The normalized spacial score (nSPS) is 25.0. The summed E-state index contributed by atoms with van der Waals surface area (Å²) in [5.41, 5.74) is 1.60. The Balaban J connectivity index is 1.11. The lowest BCUT2D eigenvalue weighted by molar-refractivity contribution is -0.141. The van der Waals surface area contributed by atoms with Crippen molar-refractivity contribution in [2.75, 3.05) is 48.3 Å². The summed E-state index contributed by atoms with van der Waals surface area (Å²) in [5, 5.41) is 6.78. The number of hydrogen-bond acceptors (Lipinski definition) is 8. The number of rotatable bonds is 5. The van der Waals surface area contributed by atoms with Gasteiger partial charge in [0.2, 0.25) is 11.9 Å². The first-order valence-electron chi connectivity index (χ1n) is 13.7. The second kappa shape index (κ2) is 9.50. The van der Waals surface area contributed by atoms with Gasteiger partial charge in [-0.3, -0.25) is 9.69 Å². The molecule has 9 heteroatoms. The van der Waals surface area contributed by atoms with Crippen molar-refractivity contribution < 1.29 is 4.79 Å². The molecule has 1 spiro atoms. The molecule has 1 amide bonds. The fourth-order valence-electron chi connectivity index (χ4n) is 6.44. The predicted octanol–water partition coefficient (Wildman–Crippen LogP) is 3.42.